The second-order valence-electron chi connectivity index (χ2n) is 6.93. The largest absolute Gasteiger partial charge is 0.375 e. The van der Waals surface area contributed by atoms with Crippen molar-refractivity contribution in [2.45, 2.75) is 64.8 Å². The van der Waals surface area contributed by atoms with Gasteiger partial charge in [-0.15, -0.1) is 0 Å². The van der Waals surface area contributed by atoms with Gasteiger partial charge in [-0.3, -0.25) is 10.2 Å². The van der Waals surface area contributed by atoms with E-state index in [1.165, 1.54) is 16.8 Å². The van der Waals surface area contributed by atoms with Crippen LogP contribution in [0.4, 0.5) is 0 Å². The SMILES string of the molecule is CC(C)c1n[nH]c2c1COC(C(C)c1n[nH]c3c1CCOC3)C2. The molecular weight excluding hydrogens is 292 g/mol. The van der Waals surface area contributed by atoms with Gasteiger partial charge in [-0.05, 0) is 12.3 Å². The van der Waals surface area contributed by atoms with E-state index in [0.29, 0.717) is 19.1 Å². The zero-order valence-electron chi connectivity index (χ0n) is 14.0. The summed E-state index contributed by atoms with van der Waals surface area (Å²) in [4.78, 5) is 0. The highest BCUT2D eigenvalue weighted by molar-refractivity contribution is 5.33. The van der Waals surface area contributed by atoms with Gasteiger partial charge in [0.05, 0.1) is 43.0 Å². The van der Waals surface area contributed by atoms with E-state index in [9.17, 15) is 0 Å². The maximum Gasteiger partial charge on any atom is 0.0885 e. The van der Waals surface area contributed by atoms with Crippen LogP contribution in [-0.2, 0) is 35.5 Å². The van der Waals surface area contributed by atoms with Crippen molar-refractivity contribution in [3.05, 3.63) is 33.9 Å². The zero-order chi connectivity index (χ0) is 16.0. The molecule has 2 aromatic heterocycles. The van der Waals surface area contributed by atoms with Gasteiger partial charge < -0.3 is 9.47 Å². The molecule has 2 aliphatic rings. The topological polar surface area (TPSA) is 75.8 Å². The second-order valence-corrected chi connectivity index (χ2v) is 6.93. The van der Waals surface area contributed by atoms with Crippen LogP contribution in [0.5, 0.6) is 0 Å². The Labute approximate surface area is 136 Å². The monoisotopic (exact) mass is 316 g/mol. The summed E-state index contributed by atoms with van der Waals surface area (Å²) in [5, 5.41) is 15.4. The molecule has 0 aromatic carbocycles. The molecule has 23 heavy (non-hydrogen) atoms. The van der Waals surface area contributed by atoms with Crippen molar-refractivity contribution in [1.82, 2.24) is 20.4 Å². The maximum atomic E-state index is 6.19. The number of H-pyrrole nitrogens is 2. The summed E-state index contributed by atoms with van der Waals surface area (Å²) in [5.41, 5.74) is 7.20. The van der Waals surface area contributed by atoms with Gasteiger partial charge in [-0.2, -0.15) is 10.2 Å². The molecule has 0 saturated heterocycles. The molecular formula is C17H24N4O2. The lowest BCUT2D eigenvalue weighted by atomic mass is 9.89. The number of fused-ring (bicyclic) bond motifs is 2. The minimum absolute atomic E-state index is 0.137. The lowest BCUT2D eigenvalue weighted by Crippen LogP contribution is -2.28. The van der Waals surface area contributed by atoms with Gasteiger partial charge in [0.2, 0.25) is 0 Å². The van der Waals surface area contributed by atoms with Crippen LogP contribution in [0.1, 0.15) is 66.5 Å². The number of aromatic amines is 2. The van der Waals surface area contributed by atoms with E-state index in [1.54, 1.807) is 0 Å². The fourth-order valence-corrected chi connectivity index (χ4v) is 3.71. The van der Waals surface area contributed by atoms with E-state index < -0.39 is 0 Å². The van der Waals surface area contributed by atoms with Gasteiger partial charge in [-0.1, -0.05) is 20.8 Å². The molecule has 2 unspecified atom stereocenters. The second kappa shape index (κ2) is 5.76. The van der Waals surface area contributed by atoms with E-state index in [2.05, 4.69) is 41.2 Å². The Morgan fingerprint density at radius 2 is 1.78 bits per heavy atom. The molecule has 6 heteroatoms. The van der Waals surface area contributed by atoms with Gasteiger partial charge in [0, 0.05) is 29.2 Å². The molecule has 6 nitrogen and oxygen atoms in total. The van der Waals surface area contributed by atoms with E-state index in [-0.39, 0.29) is 12.0 Å². The standard InChI is InChI=1S/C17H24N4O2/c1-9(2)16-12-7-23-15(6-13(12)18-20-16)10(3)17-11-4-5-22-8-14(11)19-21-17/h9-10,15H,4-8H2,1-3H3,(H,18,20)(H,19,21). The number of rotatable bonds is 3. The number of ether oxygens (including phenoxy) is 2. The molecule has 0 aliphatic carbocycles. The van der Waals surface area contributed by atoms with Crippen LogP contribution in [0.2, 0.25) is 0 Å². The van der Waals surface area contributed by atoms with Crippen molar-refractivity contribution >= 4 is 0 Å². The highest BCUT2D eigenvalue weighted by atomic mass is 16.5. The Kier molecular flexibility index (Phi) is 3.73. The zero-order valence-corrected chi connectivity index (χ0v) is 14.0. The highest BCUT2D eigenvalue weighted by Crippen LogP contribution is 2.34. The van der Waals surface area contributed by atoms with Crippen LogP contribution in [0.25, 0.3) is 0 Å². The first-order valence-corrected chi connectivity index (χ1v) is 8.46. The van der Waals surface area contributed by atoms with Gasteiger partial charge in [-0.25, -0.2) is 0 Å². The summed E-state index contributed by atoms with van der Waals surface area (Å²) in [6.45, 7) is 8.61. The minimum atomic E-state index is 0.137. The summed E-state index contributed by atoms with van der Waals surface area (Å²) in [7, 11) is 0. The summed E-state index contributed by atoms with van der Waals surface area (Å²) in [6.07, 6.45) is 1.94. The number of nitrogens with zero attached hydrogens (tertiary/aromatic N) is 2. The fraction of sp³-hybridized carbons (Fsp3) is 0.647. The predicted molar refractivity (Wildman–Crippen MR) is 85.3 cm³/mol. The van der Waals surface area contributed by atoms with Crippen LogP contribution in [0, 0.1) is 0 Å². The third kappa shape index (κ3) is 2.50. The summed E-state index contributed by atoms with van der Waals surface area (Å²) in [6, 6.07) is 0. The third-order valence-corrected chi connectivity index (χ3v) is 5.10. The molecule has 0 radical (unpaired) electrons. The summed E-state index contributed by atoms with van der Waals surface area (Å²) >= 11 is 0. The Morgan fingerprint density at radius 3 is 2.61 bits per heavy atom. The van der Waals surface area contributed by atoms with Crippen LogP contribution in [0.15, 0.2) is 0 Å². The van der Waals surface area contributed by atoms with Crippen molar-refractivity contribution < 1.29 is 9.47 Å². The Bertz CT molecular complexity index is 704. The lowest BCUT2D eigenvalue weighted by molar-refractivity contribution is 0.0119. The normalized spacial score (nSPS) is 22.0. The molecule has 0 fully saturated rings. The highest BCUT2D eigenvalue weighted by Gasteiger charge is 2.32. The molecule has 0 amide bonds. The number of hydrogen-bond acceptors (Lipinski definition) is 4. The first-order chi connectivity index (χ1) is 11.1. The number of aromatic nitrogens is 4. The van der Waals surface area contributed by atoms with Gasteiger partial charge in [0.25, 0.3) is 0 Å². The molecule has 2 N–H and O–H groups in total. The van der Waals surface area contributed by atoms with Crippen molar-refractivity contribution in [3.63, 3.8) is 0 Å². The molecule has 2 atom stereocenters. The van der Waals surface area contributed by atoms with Crippen LogP contribution in [0.3, 0.4) is 0 Å². The minimum Gasteiger partial charge on any atom is -0.375 e. The van der Waals surface area contributed by atoms with Crippen LogP contribution < -0.4 is 0 Å². The van der Waals surface area contributed by atoms with Crippen molar-refractivity contribution in [1.29, 1.82) is 0 Å². The average molecular weight is 316 g/mol. The molecule has 0 saturated carbocycles. The third-order valence-electron chi connectivity index (χ3n) is 5.10. The predicted octanol–water partition coefficient (Wildman–Crippen LogP) is 2.57. The molecule has 0 spiro atoms. The van der Waals surface area contributed by atoms with Gasteiger partial charge in [0.15, 0.2) is 0 Å². The van der Waals surface area contributed by atoms with E-state index >= 15 is 0 Å². The quantitative estimate of drug-likeness (QED) is 0.912. The fourth-order valence-electron chi connectivity index (χ4n) is 3.71. The van der Waals surface area contributed by atoms with Crippen molar-refractivity contribution in [3.8, 4) is 0 Å². The van der Waals surface area contributed by atoms with Gasteiger partial charge >= 0.3 is 0 Å². The first kappa shape index (κ1) is 14.9. The Morgan fingerprint density at radius 1 is 1.00 bits per heavy atom. The first-order valence-electron chi connectivity index (χ1n) is 8.46. The van der Waals surface area contributed by atoms with Crippen molar-refractivity contribution in [2.24, 2.45) is 0 Å². The van der Waals surface area contributed by atoms with Crippen LogP contribution in [-0.4, -0.2) is 33.1 Å². The van der Waals surface area contributed by atoms with Crippen molar-refractivity contribution in [2.75, 3.05) is 6.61 Å². The summed E-state index contributed by atoms with van der Waals surface area (Å²) < 4.78 is 11.7. The molecule has 124 valence electrons. The maximum absolute atomic E-state index is 6.19. The van der Waals surface area contributed by atoms with Crippen LogP contribution >= 0.6 is 0 Å². The molecule has 0 bridgehead atoms. The van der Waals surface area contributed by atoms with E-state index in [4.69, 9.17) is 9.47 Å². The summed E-state index contributed by atoms with van der Waals surface area (Å²) in [5.74, 6) is 0.679. The van der Waals surface area contributed by atoms with Gasteiger partial charge in [0.1, 0.15) is 0 Å². The smallest absolute Gasteiger partial charge is 0.0885 e. The average Bonchev–Trinajstić information content (AvgIpc) is 3.17. The number of nitrogens with one attached hydrogen (secondary N) is 2. The molecule has 4 rings (SSSR count). The Hall–Kier alpha value is -1.66. The molecule has 2 aliphatic heterocycles. The van der Waals surface area contributed by atoms with E-state index in [0.717, 1.165) is 36.5 Å². The van der Waals surface area contributed by atoms with E-state index in [1.807, 2.05) is 0 Å². The lowest BCUT2D eigenvalue weighted by Gasteiger charge is -2.28. The molecule has 4 heterocycles. The number of hydrogen-bond donors (Lipinski definition) is 2. The molecule has 2 aromatic rings. The Balaban J connectivity index is 1.56.